The Hall–Kier alpha value is -2.05. The topological polar surface area (TPSA) is 68.0 Å². The number of oxazole rings is 1. The van der Waals surface area contributed by atoms with Gasteiger partial charge in [-0.1, -0.05) is 0 Å². The van der Waals surface area contributed by atoms with Gasteiger partial charge in [0.05, 0.1) is 32.6 Å². The molecular formula is C18H24N2O4. The standard InChI is InChI=1S/C18H24N2O4/c1-13-11-19-17(24-13)12-20-6-4-18(21,5-7-20)14-8-15(22-2)10-16(9-14)23-3/h8-11,21H,4-7,12H2,1-3H3. The first-order valence-corrected chi connectivity index (χ1v) is 8.12. The van der Waals surface area contributed by atoms with Crippen molar-refractivity contribution >= 4 is 0 Å². The summed E-state index contributed by atoms with van der Waals surface area (Å²) in [6, 6.07) is 5.58. The number of nitrogens with zero attached hydrogens (tertiary/aromatic N) is 2. The number of hydrogen-bond donors (Lipinski definition) is 1. The van der Waals surface area contributed by atoms with Crippen LogP contribution in [-0.2, 0) is 12.1 Å². The van der Waals surface area contributed by atoms with E-state index in [1.54, 1.807) is 20.4 Å². The minimum absolute atomic E-state index is 0.642. The predicted octanol–water partition coefficient (Wildman–Crippen LogP) is 2.48. The van der Waals surface area contributed by atoms with Crippen LogP contribution >= 0.6 is 0 Å². The van der Waals surface area contributed by atoms with Crippen LogP contribution < -0.4 is 9.47 Å². The molecule has 0 bridgehead atoms. The van der Waals surface area contributed by atoms with Crippen molar-refractivity contribution in [3.63, 3.8) is 0 Å². The zero-order chi connectivity index (χ0) is 17.2. The third-order valence-corrected chi connectivity index (χ3v) is 4.60. The molecule has 1 aliphatic rings. The number of aromatic nitrogens is 1. The molecule has 1 aromatic heterocycles. The second-order valence-electron chi connectivity index (χ2n) is 6.27. The van der Waals surface area contributed by atoms with Crippen LogP contribution in [0.5, 0.6) is 11.5 Å². The van der Waals surface area contributed by atoms with Crippen molar-refractivity contribution in [2.24, 2.45) is 0 Å². The molecule has 1 N–H and O–H groups in total. The number of piperidine rings is 1. The molecule has 6 nitrogen and oxygen atoms in total. The Balaban J connectivity index is 1.70. The number of methoxy groups -OCH3 is 2. The van der Waals surface area contributed by atoms with E-state index in [4.69, 9.17) is 13.9 Å². The van der Waals surface area contributed by atoms with E-state index in [0.717, 1.165) is 30.3 Å². The van der Waals surface area contributed by atoms with Gasteiger partial charge in [0.15, 0.2) is 0 Å². The molecule has 0 spiro atoms. The Morgan fingerprint density at radius 3 is 2.29 bits per heavy atom. The molecule has 24 heavy (non-hydrogen) atoms. The summed E-state index contributed by atoms with van der Waals surface area (Å²) in [6.45, 7) is 4.11. The normalized spacial score (nSPS) is 17.7. The summed E-state index contributed by atoms with van der Waals surface area (Å²) in [7, 11) is 3.23. The van der Waals surface area contributed by atoms with Crippen LogP contribution in [-0.4, -0.2) is 42.3 Å². The van der Waals surface area contributed by atoms with E-state index in [-0.39, 0.29) is 0 Å². The van der Waals surface area contributed by atoms with Gasteiger partial charge in [-0.2, -0.15) is 0 Å². The highest BCUT2D eigenvalue weighted by Gasteiger charge is 2.35. The van der Waals surface area contributed by atoms with Gasteiger partial charge in [-0.25, -0.2) is 4.98 Å². The number of hydrogen-bond acceptors (Lipinski definition) is 6. The molecular weight excluding hydrogens is 308 g/mol. The molecule has 0 unspecified atom stereocenters. The quantitative estimate of drug-likeness (QED) is 0.907. The van der Waals surface area contributed by atoms with Gasteiger partial charge in [-0.3, -0.25) is 4.90 Å². The zero-order valence-corrected chi connectivity index (χ0v) is 14.4. The summed E-state index contributed by atoms with van der Waals surface area (Å²) in [5.41, 5.74) is -0.0320. The van der Waals surface area contributed by atoms with Crippen LogP contribution in [0.3, 0.4) is 0 Å². The Morgan fingerprint density at radius 2 is 1.79 bits per heavy atom. The van der Waals surface area contributed by atoms with E-state index in [1.165, 1.54) is 0 Å². The summed E-state index contributed by atoms with van der Waals surface area (Å²) in [5.74, 6) is 2.92. The highest BCUT2D eigenvalue weighted by molar-refractivity contribution is 5.41. The minimum Gasteiger partial charge on any atom is -0.497 e. The van der Waals surface area contributed by atoms with Crippen LogP contribution in [0.2, 0.25) is 0 Å². The Kier molecular flexibility index (Phi) is 4.78. The van der Waals surface area contributed by atoms with E-state index in [0.29, 0.717) is 30.9 Å². The molecule has 130 valence electrons. The molecule has 1 fully saturated rings. The lowest BCUT2D eigenvalue weighted by Crippen LogP contribution is -2.42. The fourth-order valence-corrected chi connectivity index (χ4v) is 3.11. The fraction of sp³-hybridized carbons (Fsp3) is 0.500. The Labute approximate surface area is 142 Å². The molecule has 1 aromatic carbocycles. The van der Waals surface area contributed by atoms with Crippen molar-refractivity contribution in [1.82, 2.24) is 9.88 Å². The van der Waals surface area contributed by atoms with E-state index in [1.807, 2.05) is 25.1 Å². The minimum atomic E-state index is -0.870. The summed E-state index contributed by atoms with van der Waals surface area (Å²) in [5, 5.41) is 11.1. The van der Waals surface area contributed by atoms with Crippen molar-refractivity contribution in [2.45, 2.75) is 31.9 Å². The maximum absolute atomic E-state index is 11.1. The van der Waals surface area contributed by atoms with E-state index in [9.17, 15) is 5.11 Å². The SMILES string of the molecule is COc1cc(OC)cc(C2(O)CCN(Cc3ncc(C)o3)CC2)c1. The fourth-order valence-electron chi connectivity index (χ4n) is 3.11. The number of likely N-dealkylation sites (tertiary alicyclic amines) is 1. The van der Waals surface area contributed by atoms with Gasteiger partial charge in [-0.15, -0.1) is 0 Å². The largest absolute Gasteiger partial charge is 0.497 e. The zero-order valence-electron chi connectivity index (χ0n) is 14.4. The monoisotopic (exact) mass is 332 g/mol. The highest BCUT2D eigenvalue weighted by atomic mass is 16.5. The molecule has 0 radical (unpaired) electrons. The average molecular weight is 332 g/mol. The van der Waals surface area contributed by atoms with Gasteiger partial charge in [0.1, 0.15) is 17.3 Å². The van der Waals surface area contributed by atoms with Crippen molar-refractivity contribution in [1.29, 1.82) is 0 Å². The van der Waals surface area contributed by atoms with Gasteiger partial charge >= 0.3 is 0 Å². The first-order valence-electron chi connectivity index (χ1n) is 8.12. The van der Waals surface area contributed by atoms with Crippen LogP contribution in [0.1, 0.15) is 30.1 Å². The van der Waals surface area contributed by atoms with Crippen LogP contribution in [0.4, 0.5) is 0 Å². The van der Waals surface area contributed by atoms with Crippen molar-refractivity contribution in [2.75, 3.05) is 27.3 Å². The van der Waals surface area contributed by atoms with E-state index in [2.05, 4.69) is 9.88 Å². The Morgan fingerprint density at radius 1 is 1.17 bits per heavy atom. The molecule has 0 aliphatic carbocycles. The van der Waals surface area contributed by atoms with E-state index < -0.39 is 5.60 Å². The lowest BCUT2D eigenvalue weighted by atomic mass is 9.84. The van der Waals surface area contributed by atoms with Gasteiger partial charge in [0.2, 0.25) is 5.89 Å². The molecule has 0 saturated carbocycles. The summed E-state index contributed by atoms with van der Waals surface area (Å²) in [4.78, 5) is 6.49. The molecule has 1 saturated heterocycles. The number of benzene rings is 1. The second-order valence-corrected chi connectivity index (χ2v) is 6.27. The lowest BCUT2D eigenvalue weighted by molar-refractivity contribution is -0.0295. The first-order chi connectivity index (χ1) is 11.5. The molecule has 1 aliphatic heterocycles. The number of rotatable bonds is 5. The van der Waals surface area contributed by atoms with Crippen molar-refractivity contribution in [3.05, 3.63) is 41.6 Å². The molecule has 0 amide bonds. The lowest BCUT2D eigenvalue weighted by Gasteiger charge is -2.38. The van der Waals surface area contributed by atoms with Gasteiger partial charge < -0.3 is 19.0 Å². The molecule has 3 rings (SSSR count). The van der Waals surface area contributed by atoms with Gasteiger partial charge in [0.25, 0.3) is 0 Å². The number of ether oxygens (including phenoxy) is 2. The van der Waals surface area contributed by atoms with Crippen molar-refractivity contribution < 1.29 is 19.0 Å². The second kappa shape index (κ2) is 6.83. The van der Waals surface area contributed by atoms with Gasteiger partial charge in [-0.05, 0) is 37.5 Å². The highest BCUT2D eigenvalue weighted by Crippen LogP contribution is 2.37. The molecule has 0 atom stereocenters. The average Bonchev–Trinajstić information content (AvgIpc) is 3.01. The number of aliphatic hydroxyl groups is 1. The van der Waals surface area contributed by atoms with Crippen LogP contribution in [0.15, 0.2) is 28.8 Å². The van der Waals surface area contributed by atoms with Crippen LogP contribution in [0, 0.1) is 6.92 Å². The number of aryl methyl sites for hydroxylation is 1. The summed E-state index contributed by atoms with van der Waals surface area (Å²) in [6.07, 6.45) is 3.02. The molecule has 2 heterocycles. The predicted molar refractivity (Wildman–Crippen MR) is 89.2 cm³/mol. The smallest absolute Gasteiger partial charge is 0.208 e. The summed E-state index contributed by atoms with van der Waals surface area (Å²) < 4.78 is 16.2. The maximum Gasteiger partial charge on any atom is 0.208 e. The van der Waals surface area contributed by atoms with Crippen LogP contribution in [0.25, 0.3) is 0 Å². The maximum atomic E-state index is 11.1. The Bertz CT molecular complexity index is 668. The first kappa shape index (κ1) is 16.8. The third kappa shape index (κ3) is 3.55. The van der Waals surface area contributed by atoms with E-state index >= 15 is 0 Å². The van der Waals surface area contributed by atoms with Crippen molar-refractivity contribution in [3.8, 4) is 11.5 Å². The molecule has 6 heteroatoms. The summed E-state index contributed by atoms with van der Waals surface area (Å²) >= 11 is 0. The third-order valence-electron chi connectivity index (χ3n) is 4.60. The molecule has 2 aromatic rings. The van der Waals surface area contributed by atoms with Gasteiger partial charge in [0, 0.05) is 19.2 Å².